The maximum absolute atomic E-state index is 5.77. The number of hydrogen-bond donors (Lipinski definition) is 0. The molecule has 122 valence electrons. The van der Waals surface area contributed by atoms with Crippen LogP contribution >= 0.6 is 0 Å². The fourth-order valence-electron chi connectivity index (χ4n) is 2.74. The van der Waals surface area contributed by atoms with E-state index in [4.69, 9.17) is 14.2 Å². The summed E-state index contributed by atoms with van der Waals surface area (Å²) in [4.78, 5) is 2.29. The normalized spacial score (nSPS) is 12.3. The zero-order chi connectivity index (χ0) is 16.8. The molecule has 3 rings (SSSR count). The van der Waals surface area contributed by atoms with E-state index in [-0.39, 0.29) is 0 Å². The zero-order valence-electron chi connectivity index (χ0n) is 14.0. The van der Waals surface area contributed by atoms with Crippen LogP contribution in [0.1, 0.15) is 5.56 Å². The van der Waals surface area contributed by atoms with E-state index in [1.165, 1.54) is 0 Å². The van der Waals surface area contributed by atoms with E-state index < -0.39 is 0 Å². The Hall–Kier alpha value is -2.49. The molecule has 0 aromatic heterocycles. The van der Waals surface area contributed by atoms with Crippen LogP contribution in [0.4, 0.5) is 5.69 Å². The monoisotopic (exact) mass is 321 g/mol. The third-order valence-corrected chi connectivity index (χ3v) is 3.96. The summed E-state index contributed by atoms with van der Waals surface area (Å²) >= 11 is 0. The molecule has 2 aromatic rings. The fourth-order valence-corrected chi connectivity index (χ4v) is 2.74. The minimum Gasteiger partial charge on any atom is -0.489 e. The van der Waals surface area contributed by atoms with Crippen molar-refractivity contribution in [2.75, 3.05) is 24.6 Å². The van der Waals surface area contributed by atoms with Gasteiger partial charge in [-0.25, -0.2) is 0 Å². The Morgan fingerprint density at radius 2 is 1.96 bits per heavy atom. The van der Waals surface area contributed by atoms with Crippen LogP contribution in [0.2, 0.25) is 0 Å². The van der Waals surface area contributed by atoms with Crippen LogP contribution in [-0.2, 0) is 6.54 Å². The predicted molar refractivity (Wildman–Crippen MR) is 101 cm³/mol. The lowest BCUT2D eigenvalue weighted by Gasteiger charge is -2.27. The zero-order valence-corrected chi connectivity index (χ0v) is 14.0. The molecular formula is C18H21B2NO3. The summed E-state index contributed by atoms with van der Waals surface area (Å²) in [6.07, 6.45) is 1.76. The van der Waals surface area contributed by atoms with Crippen LogP contribution in [0.15, 0.2) is 55.1 Å². The van der Waals surface area contributed by atoms with Gasteiger partial charge in [0.15, 0.2) is 18.8 Å². The average molecular weight is 321 g/mol. The van der Waals surface area contributed by atoms with E-state index in [0.29, 0.717) is 19.8 Å². The topological polar surface area (TPSA) is 30.9 Å². The highest BCUT2D eigenvalue weighted by Crippen LogP contribution is 2.34. The highest BCUT2D eigenvalue weighted by Gasteiger charge is 2.15. The van der Waals surface area contributed by atoms with Crippen molar-refractivity contribution < 1.29 is 14.2 Å². The molecule has 24 heavy (non-hydrogen) atoms. The molecule has 0 saturated heterocycles. The maximum atomic E-state index is 5.77. The lowest BCUT2D eigenvalue weighted by Crippen LogP contribution is -2.28. The molecule has 0 spiro atoms. The first kappa shape index (κ1) is 16.4. The second kappa shape index (κ2) is 7.86. The van der Waals surface area contributed by atoms with Gasteiger partial charge in [-0.15, -0.1) is 0 Å². The molecule has 0 fully saturated rings. The lowest BCUT2D eigenvalue weighted by molar-refractivity contribution is 0.171. The number of nitrogens with zero attached hydrogens (tertiary/aromatic N) is 1. The van der Waals surface area contributed by atoms with Crippen LogP contribution in [0.3, 0.4) is 0 Å². The van der Waals surface area contributed by atoms with Gasteiger partial charge in [-0.3, -0.25) is 0 Å². The summed E-state index contributed by atoms with van der Waals surface area (Å²) in [5.74, 6) is 2.53. The largest absolute Gasteiger partial charge is 0.489 e. The minimum absolute atomic E-state index is 0.507. The fraction of sp³-hybridized carbons (Fsp3) is 0.222. The second-order valence-electron chi connectivity index (χ2n) is 5.55. The third kappa shape index (κ3) is 3.70. The number of fused-ring (bicyclic) bond motifs is 1. The number of para-hydroxylation sites is 1. The molecule has 0 amide bonds. The van der Waals surface area contributed by atoms with Crippen LogP contribution in [0, 0.1) is 0 Å². The van der Waals surface area contributed by atoms with Gasteiger partial charge in [0.05, 0.1) is 7.74 Å². The van der Waals surface area contributed by atoms with Gasteiger partial charge in [-0.2, -0.15) is 0 Å². The highest BCUT2D eigenvalue weighted by atomic mass is 16.6. The predicted octanol–water partition coefficient (Wildman–Crippen LogP) is 1.93. The van der Waals surface area contributed by atoms with Gasteiger partial charge in [0.2, 0.25) is 0 Å². The Bertz CT molecular complexity index is 708. The van der Waals surface area contributed by atoms with Gasteiger partial charge in [0, 0.05) is 23.9 Å². The smallest absolute Gasteiger partial charge is 0.192 e. The Morgan fingerprint density at radius 3 is 2.75 bits per heavy atom. The summed E-state index contributed by atoms with van der Waals surface area (Å²) in [6.45, 7) is 6.19. The third-order valence-electron chi connectivity index (χ3n) is 3.96. The van der Waals surface area contributed by atoms with Crippen LogP contribution < -0.4 is 19.0 Å². The first-order valence-electron chi connectivity index (χ1n) is 8.28. The molecule has 1 heterocycles. The SMILES string of the molecule is BBN(Cc1ccccc1OCC=C)c1ccc2c(c1)OCCO2. The Kier molecular flexibility index (Phi) is 5.36. The van der Waals surface area contributed by atoms with Crippen LogP contribution in [0.5, 0.6) is 17.2 Å². The van der Waals surface area contributed by atoms with Crippen molar-refractivity contribution in [3.8, 4) is 17.2 Å². The lowest BCUT2D eigenvalue weighted by atomic mass is 9.64. The van der Waals surface area contributed by atoms with E-state index in [1.54, 1.807) is 6.08 Å². The summed E-state index contributed by atoms with van der Waals surface area (Å²) in [5.41, 5.74) is 2.26. The molecule has 2 aromatic carbocycles. The van der Waals surface area contributed by atoms with E-state index >= 15 is 0 Å². The van der Waals surface area contributed by atoms with E-state index in [1.807, 2.05) is 30.3 Å². The first-order valence-corrected chi connectivity index (χ1v) is 8.28. The van der Waals surface area contributed by atoms with Gasteiger partial charge < -0.3 is 19.0 Å². The van der Waals surface area contributed by atoms with Crippen molar-refractivity contribution in [2.24, 2.45) is 0 Å². The molecular weight excluding hydrogens is 300 g/mol. The molecule has 1 aliphatic heterocycles. The van der Waals surface area contributed by atoms with Gasteiger partial charge >= 0.3 is 0 Å². The molecule has 4 nitrogen and oxygen atoms in total. The van der Waals surface area contributed by atoms with Crippen molar-refractivity contribution in [3.05, 3.63) is 60.7 Å². The molecule has 0 bridgehead atoms. The van der Waals surface area contributed by atoms with E-state index in [0.717, 1.165) is 42.3 Å². The summed E-state index contributed by atoms with van der Waals surface area (Å²) in [6, 6.07) is 14.2. The molecule has 1 aliphatic rings. The van der Waals surface area contributed by atoms with E-state index in [9.17, 15) is 0 Å². The Balaban J connectivity index is 1.81. The van der Waals surface area contributed by atoms with Crippen molar-refractivity contribution in [1.29, 1.82) is 0 Å². The van der Waals surface area contributed by atoms with Gasteiger partial charge in [-0.1, -0.05) is 30.9 Å². The van der Waals surface area contributed by atoms with Crippen molar-refractivity contribution >= 4 is 20.7 Å². The van der Waals surface area contributed by atoms with Crippen molar-refractivity contribution in [1.82, 2.24) is 0 Å². The first-order chi connectivity index (χ1) is 11.8. The van der Waals surface area contributed by atoms with Gasteiger partial charge in [-0.05, 0) is 18.2 Å². The van der Waals surface area contributed by atoms with Crippen LogP contribution in [-0.4, -0.2) is 34.9 Å². The molecule has 0 unspecified atom stereocenters. The summed E-state index contributed by atoms with van der Waals surface area (Å²) < 4.78 is 17.1. The molecule has 0 radical (unpaired) electrons. The Labute approximate surface area is 144 Å². The number of ether oxygens (including phenoxy) is 3. The van der Waals surface area contributed by atoms with Crippen LogP contribution in [0.25, 0.3) is 0 Å². The standard InChI is InChI=1S/C18H21B2NO3/c1-2-9-22-16-6-4-3-5-14(16)13-21(20-19)15-7-8-17-18(12-15)24-11-10-23-17/h2-8,12,20H,1,9-11,13,19H2. The summed E-state index contributed by atoms with van der Waals surface area (Å²) in [5, 5.41) is 0. The van der Waals surface area contributed by atoms with Crippen molar-refractivity contribution in [3.63, 3.8) is 0 Å². The number of hydrogen-bond acceptors (Lipinski definition) is 4. The maximum Gasteiger partial charge on any atom is 0.192 e. The van der Waals surface area contributed by atoms with Gasteiger partial charge in [0.25, 0.3) is 0 Å². The summed E-state index contributed by atoms with van der Waals surface area (Å²) in [7, 11) is 3.03. The highest BCUT2D eigenvalue weighted by molar-refractivity contribution is 6.91. The molecule has 0 N–H and O–H groups in total. The van der Waals surface area contributed by atoms with Crippen molar-refractivity contribution in [2.45, 2.75) is 6.54 Å². The second-order valence-corrected chi connectivity index (χ2v) is 5.55. The Morgan fingerprint density at radius 1 is 1.17 bits per heavy atom. The molecule has 6 heteroatoms. The van der Waals surface area contributed by atoms with Gasteiger partial charge in [0.1, 0.15) is 25.6 Å². The number of benzene rings is 2. The quantitative estimate of drug-likeness (QED) is 0.576. The number of anilines is 1. The van der Waals surface area contributed by atoms with E-state index in [2.05, 4.69) is 31.3 Å². The molecule has 0 saturated carbocycles. The average Bonchev–Trinajstić information content (AvgIpc) is 2.64. The minimum atomic E-state index is 0.507. The number of rotatable bonds is 7. The molecule has 0 atom stereocenters. The molecule has 0 aliphatic carbocycles.